The number of carbonyl (C=O) groups excluding carboxylic acids is 1. The number of halogens is 2. The molecule has 3 aromatic carbocycles. The van der Waals surface area contributed by atoms with Gasteiger partial charge in [0.2, 0.25) is 0 Å². The topological polar surface area (TPSA) is 20.3 Å². The normalized spacial score (nSPS) is 11.2. The van der Waals surface area contributed by atoms with Gasteiger partial charge in [-0.15, -0.1) is 12.4 Å². The van der Waals surface area contributed by atoms with Crippen molar-refractivity contribution in [2.45, 2.75) is 65.2 Å². The summed E-state index contributed by atoms with van der Waals surface area (Å²) in [5.74, 6) is 0.236. The molecular formula is C28H37BrClNO. The maximum atomic E-state index is 13.2. The van der Waals surface area contributed by atoms with Gasteiger partial charge in [-0.25, -0.2) is 0 Å². The number of Topliss-reactive ketones (excluding diaryl/α,β-unsaturated/α-hetero) is 1. The largest absolute Gasteiger partial charge is 0.296 e. The SMILES string of the molecule is CCCCCCN(CCCCCC)CC(=O)c1ccc2cc(Br)c3ccccc3c2c1.Cl. The Morgan fingerprint density at radius 1 is 0.781 bits per heavy atom. The van der Waals surface area contributed by atoms with E-state index in [1.807, 2.05) is 6.07 Å². The van der Waals surface area contributed by atoms with Gasteiger partial charge < -0.3 is 0 Å². The molecule has 0 saturated heterocycles. The monoisotopic (exact) mass is 517 g/mol. The van der Waals surface area contributed by atoms with E-state index in [2.05, 4.69) is 77.1 Å². The summed E-state index contributed by atoms with van der Waals surface area (Å²) in [5.41, 5.74) is 0.826. The van der Waals surface area contributed by atoms with Crippen LogP contribution < -0.4 is 0 Å². The molecule has 3 rings (SSSR count). The summed E-state index contributed by atoms with van der Waals surface area (Å²) in [7, 11) is 0. The molecule has 0 fully saturated rings. The minimum absolute atomic E-state index is 0. The molecule has 0 heterocycles. The predicted molar refractivity (Wildman–Crippen MR) is 145 cm³/mol. The van der Waals surface area contributed by atoms with Crippen LogP contribution in [0.4, 0.5) is 0 Å². The van der Waals surface area contributed by atoms with Gasteiger partial charge in [-0.05, 0) is 59.6 Å². The Kier molecular flexibility index (Phi) is 11.7. The molecule has 0 radical (unpaired) electrons. The number of unbranched alkanes of at least 4 members (excludes halogenated alkanes) is 6. The first-order valence-corrected chi connectivity index (χ1v) is 12.8. The van der Waals surface area contributed by atoms with Crippen molar-refractivity contribution >= 4 is 55.7 Å². The third kappa shape index (κ3) is 7.30. The van der Waals surface area contributed by atoms with Gasteiger partial charge in [-0.3, -0.25) is 9.69 Å². The van der Waals surface area contributed by atoms with Gasteiger partial charge in [-0.1, -0.05) is 105 Å². The Bertz CT molecular complexity index is 991. The van der Waals surface area contributed by atoms with Crippen LogP contribution in [-0.4, -0.2) is 30.3 Å². The first-order valence-electron chi connectivity index (χ1n) is 12.0. The average molecular weight is 519 g/mol. The molecule has 2 nitrogen and oxygen atoms in total. The van der Waals surface area contributed by atoms with E-state index in [1.165, 1.54) is 62.1 Å². The van der Waals surface area contributed by atoms with Crippen molar-refractivity contribution in [1.82, 2.24) is 4.90 Å². The molecule has 4 heteroatoms. The van der Waals surface area contributed by atoms with Crippen LogP contribution >= 0.6 is 28.3 Å². The van der Waals surface area contributed by atoms with Gasteiger partial charge in [0.1, 0.15) is 0 Å². The smallest absolute Gasteiger partial charge is 0.176 e. The number of carbonyl (C=O) groups is 1. The van der Waals surface area contributed by atoms with E-state index in [0.29, 0.717) is 6.54 Å². The Labute approximate surface area is 208 Å². The van der Waals surface area contributed by atoms with Gasteiger partial charge in [0.05, 0.1) is 6.54 Å². The highest BCUT2D eigenvalue weighted by atomic mass is 79.9. The van der Waals surface area contributed by atoms with Gasteiger partial charge in [0.25, 0.3) is 0 Å². The number of rotatable bonds is 13. The van der Waals surface area contributed by atoms with E-state index in [0.717, 1.165) is 33.9 Å². The van der Waals surface area contributed by atoms with Crippen LogP contribution in [0.5, 0.6) is 0 Å². The lowest BCUT2D eigenvalue weighted by Crippen LogP contribution is -2.32. The molecule has 3 aromatic rings. The van der Waals surface area contributed by atoms with Crippen LogP contribution in [0.25, 0.3) is 21.5 Å². The molecule has 0 aliphatic carbocycles. The Hall–Kier alpha value is -1.42. The first kappa shape index (κ1) is 26.8. The fourth-order valence-electron chi connectivity index (χ4n) is 4.32. The summed E-state index contributed by atoms with van der Waals surface area (Å²) < 4.78 is 1.10. The van der Waals surface area contributed by atoms with E-state index >= 15 is 0 Å². The third-order valence-corrected chi connectivity index (χ3v) is 6.81. The molecule has 0 unspecified atom stereocenters. The van der Waals surface area contributed by atoms with E-state index in [4.69, 9.17) is 0 Å². The minimum atomic E-state index is 0. The van der Waals surface area contributed by atoms with Crippen molar-refractivity contribution < 1.29 is 4.79 Å². The standard InChI is InChI=1S/C28H36BrNO.ClH/c1-3-5-7-11-17-30(18-12-8-6-4-2)21-28(31)23-16-15-22-20-27(29)25-14-10-9-13-24(25)26(22)19-23;/h9-10,13-16,19-20H,3-8,11-12,17-18,21H2,1-2H3;1H. The van der Waals surface area contributed by atoms with Crippen molar-refractivity contribution in [3.8, 4) is 0 Å². The number of benzene rings is 3. The fourth-order valence-corrected chi connectivity index (χ4v) is 4.91. The highest BCUT2D eigenvalue weighted by molar-refractivity contribution is 9.10. The summed E-state index contributed by atoms with van der Waals surface area (Å²) in [6.07, 6.45) is 9.94. The summed E-state index contributed by atoms with van der Waals surface area (Å²) >= 11 is 3.69. The van der Waals surface area contributed by atoms with Crippen LogP contribution in [0, 0.1) is 0 Å². The Morgan fingerprint density at radius 2 is 1.41 bits per heavy atom. The molecule has 0 saturated carbocycles. The molecule has 0 aliphatic heterocycles. The first-order chi connectivity index (χ1) is 15.1. The molecule has 0 aromatic heterocycles. The lowest BCUT2D eigenvalue weighted by atomic mass is 9.98. The van der Waals surface area contributed by atoms with E-state index in [1.54, 1.807) is 0 Å². The predicted octanol–water partition coefficient (Wildman–Crippen LogP) is 8.82. The van der Waals surface area contributed by atoms with Crippen LogP contribution in [-0.2, 0) is 0 Å². The zero-order chi connectivity index (χ0) is 22.1. The van der Waals surface area contributed by atoms with Gasteiger partial charge in [-0.2, -0.15) is 0 Å². The van der Waals surface area contributed by atoms with Crippen LogP contribution in [0.1, 0.15) is 75.6 Å². The van der Waals surface area contributed by atoms with Gasteiger partial charge in [0, 0.05) is 10.0 Å². The van der Waals surface area contributed by atoms with Crippen molar-refractivity contribution in [3.05, 3.63) is 58.6 Å². The lowest BCUT2D eigenvalue weighted by Gasteiger charge is -2.22. The molecule has 0 amide bonds. The molecule has 32 heavy (non-hydrogen) atoms. The fraction of sp³-hybridized carbons (Fsp3) is 0.464. The number of ketones is 1. The second-order valence-corrected chi connectivity index (χ2v) is 9.51. The summed E-state index contributed by atoms with van der Waals surface area (Å²) in [6, 6.07) is 16.7. The highest BCUT2D eigenvalue weighted by Gasteiger charge is 2.14. The number of hydrogen-bond donors (Lipinski definition) is 0. The minimum Gasteiger partial charge on any atom is -0.296 e. The van der Waals surface area contributed by atoms with E-state index in [9.17, 15) is 4.79 Å². The van der Waals surface area contributed by atoms with E-state index in [-0.39, 0.29) is 18.2 Å². The average Bonchev–Trinajstić information content (AvgIpc) is 2.79. The molecule has 0 bridgehead atoms. The third-order valence-electron chi connectivity index (χ3n) is 6.16. The Morgan fingerprint density at radius 3 is 2.03 bits per heavy atom. The van der Waals surface area contributed by atoms with Crippen LogP contribution in [0.3, 0.4) is 0 Å². The van der Waals surface area contributed by atoms with Crippen molar-refractivity contribution in [1.29, 1.82) is 0 Å². The summed E-state index contributed by atoms with van der Waals surface area (Å²) in [6.45, 7) is 7.07. The Balaban J connectivity index is 0.00000363. The number of hydrogen-bond acceptors (Lipinski definition) is 2. The quantitative estimate of drug-likeness (QED) is 0.128. The zero-order valence-electron chi connectivity index (χ0n) is 19.5. The molecule has 0 N–H and O–H groups in total. The van der Waals surface area contributed by atoms with Crippen LogP contribution in [0.2, 0.25) is 0 Å². The summed E-state index contributed by atoms with van der Waals surface area (Å²) in [4.78, 5) is 15.6. The lowest BCUT2D eigenvalue weighted by molar-refractivity contribution is 0.0927. The molecule has 0 aliphatic rings. The van der Waals surface area contributed by atoms with Gasteiger partial charge >= 0.3 is 0 Å². The molecule has 0 spiro atoms. The molecule has 0 atom stereocenters. The van der Waals surface area contributed by atoms with E-state index < -0.39 is 0 Å². The van der Waals surface area contributed by atoms with Gasteiger partial charge in [0.15, 0.2) is 5.78 Å². The second-order valence-electron chi connectivity index (χ2n) is 8.66. The summed E-state index contributed by atoms with van der Waals surface area (Å²) in [5, 5.41) is 4.70. The number of nitrogens with zero attached hydrogens (tertiary/aromatic N) is 1. The van der Waals surface area contributed by atoms with Crippen molar-refractivity contribution in [2.75, 3.05) is 19.6 Å². The maximum Gasteiger partial charge on any atom is 0.176 e. The van der Waals surface area contributed by atoms with Crippen LogP contribution in [0.15, 0.2) is 53.0 Å². The second kappa shape index (κ2) is 14.0. The zero-order valence-corrected chi connectivity index (χ0v) is 21.9. The van der Waals surface area contributed by atoms with Crippen molar-refractivity contribution in [3.63, 3.8) is 0 Å². The van der Waals surface area contributed by atoms with Crippen molar-refractivity contribution in [2.24, 2.45) is 0 Å². The maximum absolute atomic E-state index is 13.2. The highest BCUT2D eigenvalue weighted by Crippen LogP contribution is 2.32. The molecular weight excluding hydrogens is 482 g/mol. The number of fused-ring (bicyclic) bond motifs is 3. The molecule has 174 valence electrons.